The molecule has 6 heteroatoms. The van der Waals surface area contributed by atoms with Crippen LogP contribution in [0.3, 0.4) is 0 Å². The highest BCUT2D eigenvalue weighted by atomic mass is 31.2. The van der Waals surface area contributed by atoms with E-state index in [0.717, 1.165) is 12.8 Å². The Hall–Kier alpha value is 0.150. The Morgan fingerprint density at radius 2 is 1.12 bits per heavy atom. The van der Waals surface area contributed by atoms with Gasteiger partial charge in [0.2, 0.25) is 0 Å². The highest BCUT2D eigenvalue weighted by Gasteiger charge is 2.56. The van der Waals surface area contributed by atoms with Crippen LogP contribution in [0.15, 0.2) is 12.2 Å². The van der Waals surface area contributed by atoms with Crippen LogP contribution in [0, 0.1) is 0 Å². The maximum Gasteiger partial charge on any atom is 0.701 e. The molecule has 0 aliphatic heterocycles. The third kappa shape index (κ3) is 18.4. The van der Waals surface area contributed by atoms with E-state index in [1.165, 1.54) is 103 Å². The highest BCUT2D eigenvalue weighted by molar-refractivity contribution is 7.75. The first-order valence-corrected chi connectivity index (χ1v) is 18.5. The van der Waals surface area contributed by atoms with Crippen LogP contribution in [0.2, 0.25) is 0 Å². The summed E-state index contributed by atoms with van der Waals surface area (Å²) in [6.07, 6.45) is 29.1. The van der Waals surface area contributed by atoms with E-state index in [1.54, 1.807) is 0 Å². The maximum atomic E-state index is 11.3. The van der Waals surface area contributed by atoms with Crippen molar-refractivity contribution < 1.29 is 18.7 Å². The van der Waals surface area contributed by atoms with Gasteiger partial charge in [0.1, 0.15) is 0 Å². The fourth-order valence-electron chi connectivity index (χ4n) is 4.39. The number of hydrogen-bond acceptors (Lipinski definition) is 3. The standard InChI is InChI=1S/C28H57O4P2/c1-6-8-9-10-11-12-13-14-15-16-17-18-19-20-21-22-23-24-25-26-27-31-28(7-2,32-33(29)30)34(3,4)5/h14-15H,6-13,16-27H2,1-5H3/q+1/p+1. The SMILES string of the molecule is CCCCCCCCC=CCCCCCCCCCCCCOC(CC)(O[P+](=O)O)[P+](C)(C)C. The van der Waals surface area contributed by atoms with E-state index < -0.39 is 21.0 Å². The minimum Gasteiger partial charge on any atom is -0.316 e. The average Bonchev–Trinajstić information content (AvgIpc) is 2.78. The van der Waals surface area contributed by atoms with Gasteiger partial charge in [-0.25, -0.2) is 0 Å². The summed E-state index contributed by atoms with van der Waals surface area (Å²) in [6.45, 7) is 11.1. The molecule has 0 aromatic rings. The van der Waals surface area contributed by atoms with Crippen LogP contribution in [0.5, 0.6) is 0 Å². The molecule has 0 aliphatic rings. The zero-order valence-electron chi connectivity index (χ0n) is 23.4. The van der Waals surface area contributed by atoms with Gasteiger partial charge in [-0.1, -0.05) is 109 Å². The van der Waals surface area contributed by atoms with E-state index in [-0.39, 0.29) is 0 Å². The zero-order chi connectivity index (χ0) is 25.5. The Balaban J connectivity index is 3.54. The van der Waals surface area contributed by atoms with E-state index in [1.807, 2.05) is 6.92 Å². The predicted octanol–water partition coefficient (Wildman–Crippen LogP) is 10.2. The van der Waals surface area contributed by atoms with Crippen LogP contribution in [0.4, 0.5) is 0 Å². The fourth-order valence-corrected chi connectivity index (χ4v) is 7.44. The van der Waals surface area contributed by atoms with Crippen molar-refractivity contribution >= 4 is 15.5 Å². The van der Waals surface area contributed by atoms with E-state index >= 15 is 0 Å². The molecule has 34 heavy (non-hydrogen) atoms. The molecule has 1 N–H and O–H groups in total. The molecule has 2 unspecified atom stereocenters. The third-order valence-corrected chi connectivity index (χ3v) is 9.85. The molecule has 0 saturated carbocycles. The number of unbranched alkanes of at least 4 members (excludes halogenated alkanes) is 16. The first-order chi connectivity index (χ1) is 16.3. The molecule has 0 saturated heterocycles. The predicted molar refractivity (Wildman–Crippen MR) is 152 cm³/mol. The van der Waals surface area contributed by atoms with E-state index in [2.05, 4.69) is 39.1 Å². The zero-order valence-corrected chi connectivity index (χ0v) is 25.2. The molecule has 0 rings (SSSR count). The molecule has 0 amide bonds. The fraction of sp³-hybridized carbons (Fsp3) is 0.929. The summed E-state index contributed by atoms with van der Waals surface area (Å²) in [5.74, 6) is 0. The van der Waals surface area contributed by atoms with Gasteiger partial charge in [0.25, 0.3) is 0 Å². The van der Waals surface area contributed by atoms with Gasteiger partial charge in [-0.15, -0.1) is 4.89 Å². The molecular weight excluding hydrogens is 462 g/mol. The van der Waals surface area contributed by atoms with Crippen molar-refractivity contribution in [3.05, 3.63) is 12.2 Å². The Morgan fingerprint density at radius 3 is 1.50 bits per heavy atom. The first-order valence-electron chi connectivity index (χ1n) is 14.2. The molecule has 0 spiro atoms. The van der Waals surface area contributed by atoms with Crippen molar-refractivity contribution in [2.75, 3.05) is 26.6 Å². The largest absolute Gasteiger partial charge is 0.701 e. The quantitative estimate of drug-likeness (QED) is 0.0563. The molecule has 0 radical (unpaired) electrons. The van der Waals surface area contributed by atoms with E-state index in [0.29, 0.717) is 13.0 Å². The lowest BCUT2D eigenvalue weighted by atomic mass is 10.1. The van der Waals surface area contributed by atoms with Crippen LogP contribution >= 0.6 is 15.5 Å². The highest BCUT2D eigenvalue weighted by Crippen LogP contribution is 2.64. The number of rotatable bonds is 25. The smallest absolute Gasteiger partial charge is 0.316 e. The normalized spacial score (nSPS) is 14.6. The summed E-state index contributed by atoms with van der Waals surface area (Å²) in [5, 5.41) is 0. The van der Waals surface area contributed by atoms with Crippen molar-refractivity contribution in [3.63, 3.8) is 0 Å². The van der Waals surface area contributed by atoms with E-state index in [4.69, 9.17) is 9.26 Å². The van der Waals surface area contributed by atoms with Crippen LogP contribution in [0.25, 0.3) is 0 Å². The van der Waals surface area contributed by atoms with Gasteiger partial charge in [0.15, 0.2) is 0 Å². The summed E-state index contributed by atoms with van der Waals surface area (Å²) in [6, 6.07) is 0. The topological polar surface area (TPSA) is 55.8 Å². The first kappa shape index (κ1) is 34.1. The van der Waals surface area contributed by atoms with Crippen molar-refractivity contribution in [2.24, 2.45) is 0 Å². The van der Waals surface area contributed by atoms with Crippen LogP contribution in [-0.2, 0) is 13.8 Å². The Kier molecular flexibility index (Phi) is 22.5. The van der Waals surface area contributed by atoms with Crippen molar-refractivity contribution in [2.45, 2.75) is 141 Å². The van der Waals surface area contributed by atoms with Crippen LogP contribution in [-0.4, -0.2) is 37.0 Å². The summed E-state index contributed by atoms with van der Waals surface area (Å²) >= 11 is 0. The number of allylic oxidation sites excluding steroid dienone is 2. The molecule has 202 valence electrons. The summed E-state index contributed by atoms with van der Waals surface area (Å²) in [4.78, 5) is 9.28. The Bertz CT molecular complexity index is 505. The second-order valence-corrected chi connectivity index (χ2v) is 16.0. The minimum atomic E-state index is -2.66. The van der Waals surface area contributed by atoms with Crippen molar-refractivity contribution in [1.82, 2.24) is 0 Å². The summed E-state index contributed by atoms with van der Waals surface area (Å²) in [5.41, 5.74) is -0.890. The monoisotopic (exact) mass is 520 g/mol. The Morgan fingerprint density at radius 1 is 0.706 bits per heavy atom. The second-order valence-electron chi connectivity index (χ2n) is 10.6. The van der Waals surface area contributed by atoms with Gasteiger partial charge >= 0.3 is 13.8 Å². The molecular formula is C28H58O4P2+2. The second kappa shape index (κ2) is 22.4. The molecule has 0 aliphatic carbocycles. The van der Waals surface area contributed by atoms with Crippen molar-refractivity contribution in [1.29, 1.82) is 0 Å². The molecule has 0 aromatic carbocycles. The van der Waals surface area contributed by atoms with Crippen LogP contribution < -0.4 is 0 Å². The summed E-state index contributed by atoms with van der Waals surface area (Å²) in [7, 11) is -4.26. The maximum absolute atomic E-state index is 11.3. The molecule has 0 heterocycles. The molecule has 0 fully saturated rings. The molecule has 0 aromatic heterocycles. The lowest BCUT2D eigenvalue weighted by Gasteiger charge is -2.32. The Labute approximate surface area is 214 Å². The molecule has 0 bridgehead atoms. The van der Waals surface area contributed by atoms with E-state index in [9.17, 15) is 9.46 Å². The average molecular weight is 521 g/mol. The molecule has 4 nitrogen and oxygen atoms in total. The third-order valence-electron chi connectivity index (χ3n) is 6.67. The van der Waals surface area contributed by atoms with Crippen LogP contribution in [0.1, 0.15) is 136 Å². The van der Waals surface area contributed by atoms with Gasteiger partial charge in [-0.3, -0.25) is 0 Å². The van der Waals surface area contributed by atoms with Gasteiger partial charge in [-0.05, 0) is 36.6 Å². The lowest BCUT2D eigenvalue weighted by molar-refractivity contribution is -0.121. The van der Waals surface area contributed by atoms with Crippen molar-refractivity contribution in [3.8, 4) is 0 Å². The number of ether oxygens (including phenoxy) is 1. The van der Waals surface area contributed by atoms with Gasteiger partial charge < -0.3 is 4.74 Å². The lowest BCUT2D eigenvalue weighted by Crippen LogP contribution is -2.35. The van der Waals surface area contributed by atoms with Gasteiger partial charge in [-0.2, -0.15) is 0 Å². The van der Waals surface area contributed by atoms with Gasteiger partial charge in [0, 0.05) is 11.0 Å². The number of hydrogen-bond donors (Lipinski definition) is 1. The molecule has 2 atom stereocenters. The summed E-state index contributed by atoms with van der Waals surface area (Å²) < 4.78 is 22.8. The minimum absolute atomic E-state index is 0.599. The van der Waals surface area contributed by atoms with Gasteiger partial charge in [0.05, 0.1) is 33.9 Å².